The van der Waals surface area contributed by atoms with E-state index in [1.807, 2.05) is 73.7 Å². The first kappa shape index (κ1) is 30.4. The van der Waals surface area contributed by atoms with Crippen LogP contribution in [0.25, 0.3) is 0 Å². The number of rotatable bonds is 7. The second kappa shape index (κ2) is 14.0. The van der Waals surface area contributed by atoms with Gasteiger partial charge in [0, 0.05) is 39.3 Å². The van der Waals surface area contributed by atoms with Gasteiger partial charge in [-0.1, -0.05) is 105 Å². The van der Waals surface area contributed by atoms with Crippen molar-refractivity contribution < 1.29 is 24.2 Å². The van der Waals surface area contributed by atoms with E-state index in [1.54, 1.807) is 0 Å². The molecule has 3 heterocycles. The van der Waals surface area contributed by atoms with Crippen LogP contribution in [0.3, 0.4) is 0 Å². The maximum absolute atomic E-state index is 13.2. The molecule has 2 amide bonds. The zero-order chi connectivity index (χ0) is 30.3. The number of benzene rings is 3. The smallest absolute Gasteiger partial charge is 0.417 e. The first-order valence-corrected chi connectivity index (χ1v) is 15.1. The van der Waals surface area contributed by atoms with E-state index in [2.05, 4.69) is 41.0 Å². The maximum Gasteiger partial charge on any atom is 0.417 e. The number of hydrogen-bond donors (Lipinski definition) is 1. The summed E-state index contributed by atoms with van der Waals surface area (Å²) >= 11 is 0. The largest absolute Gasteiger partial charge is 0.481 e. The number of aliphatic carboxylic acids is 1. The van der Waals surface area contributed by atoms with Gasteiger partial charge >= 0.3 is 12.1 Å². The van der Waals surface area contributed by atoms with Crippen LogP contribution in [0.15, 0.2) is 91.0 Å². The molecule has 0 radical (unpaired) electrons. The Morgan fingerprint density at radius 2 is 1.19 bits per heavy atom. The molecule has 3 fully saturated rings. The third-order valence-electron chi connectivity index (χ3n) is 8.80. The molecule has 5 atom stereocenters. The molecule has 6 rings (SSSR count). The Balaban J connectivity index is 0.000000196. The Bertz CT molecular complexity index is 1370. The average Bonchev–Trinajstić information content (AvgIpc) is 3.70. The molecule has 226 valence electrons. The number of ether oxygens (including phenoxy) is 1. The molecule has 0 unspecified atom stereocenters. The average molecular weight is 584 g/mol. The summed E-state index contributed by atoms with van der Waals surface area (Å²) in [6.45, 7) is 9.08. The molecule has 0 bridgehead atoms. The van der Waals surface area contributed by atoms with Gasteiger partial charge in [-0.3, -0.25) is 19.4 Å². The van der Waals surface area contributed by atoms with E-state index in [-0.39, 0.29) is 42.2 Å². The lowest BCUT2D eigenvalue weighted by atomic mass is 9.95. The molecule has 1 N–H and O–H groups in total. The number of hydrogen-bond acceptors (Lipinski definition) is 6. The minimum absolute atomic E-state index is 0.116. The minimum Gasteiger partial charge on any atom is -0.481 e. The summed E-state index contributed by atoms with van der Waals surface area (Å²) in [6.07, 6.45) is -0.525. The Morgan fingerprint density at radius 1 is 0.721 bits per heavy atom. The molecule has 0 aliphatic carbocycles. The number of carboxylic acids is 1. The van der Waals surface area contributed by atoms with E-state index in [9.17, 15) is 14.4 Å². The molecule has 0 saturated carbocycles. The van der Waals surface area contributed by atoms with Crippen molar-refractivity contribution in [3.05, 3.63) is 108 Å². The summed E-state index contributed by atoms with van der Waals surface area (Å²) in [5.41, 5.74) is 3.42. The summed E-state index contributed by atoms with van der Waals surface area (Å²) in [5, 5.41) is 9.04. The van der Waals surface area contributed by atoms with Gasteiger partial charge in [-0.15, -0.1) is 0 Å². The van der Waals surface area contributed by atoms with Crippen molar-refractivity contribution in [3.63, 3.8) is 0 Å². The van der Waals surface area contributed by atoms with Crippen molar-refractivity contribution in [1.29, 1.82) is 0 Å². The molecule has 0 spiro atoms. The van der Waals surface area contributed by atoms with Gasteiger partial charge in [-0.2, -0.15) is 0 Å². The molecule has 3 saturated heterocycles. The number of carboxylic acid groups (broad SMARTS) is 1. The lowest BCUT2D eigenvalue weighted by molar-refractivity contribution is -0.142. The number of amides is 2. The minimum atomic E-state index is -0.664. The SMILES string of the molecule is C[C@@H]1CN(Cc2ccccc2)C[C@H]1C(=O)N1C(=O)OC[C@H]1c1ccccc1.C[C@@H]1CN(Cc2ccccc2)C[C@H]1C(=O)O. The highest BCUT2D eigenvalue weighted by atomic mass is 16.6. The number of carbonyl (C=O) groups excluding carboxylic acids is 2. The van der Waals surface area contributed by atoms with Crippen molar-refractivity contribution in [1.82, 2.24) is 14.7 Å². The van der Waals surface area contributed by atoms with Gasteiger partial charge in [0.15, 0.2) is 0 Å². The third-order valence-corrected chi connectivity index (χ3v) is 8.80. The molecule has 43 heavy (non-hydrogen) atoms. The highest BCUT2D eigenvalue weighted by Gasteiger charge is 2.45. The zero-order valence-corrected chi connectivity index (χ0v) is 24.9. The molecular weight excluding hydrogens is 542 g/mol. The molecule has 0 aromatic heterocycles. The first-order valence-electron chi connectivity index (χ1n) is 15.1. The van der Waals surface area contributed by atoms with Crippen LogP contribution in [0, 0.1) is 23.7 Å². The fourth-order valence-corrected chi connectivity index (χ4v) is 6.48. The van der Waals surface area contributed by atoms with Crippen LogP contribution in [0.2, 0.25) is 0 Å². The predicted octanol–water partition coefficient (Wildman–Crippen LogP) is 5.31. The van der Waals surface area contributed by atoms with Crippen molar-refractivity contribution in [2.75, 3.05) is 32.8 Å². The van der Waals surface area contributed by atoms with Crippen LogP contribution in [-0.2, 0) is 27.4 Å². The van der Waals surface area contributed by atoms with Gasteiger partial charge in [0.25, 0.3) is 0 Å². The Morgan fingerprint density at radius 3 is 1.67 bits per heavy atom. The number of nitrogens with zero attached hydrogens (tertiary/aromatic N) is 3. The Labute approximate surface area is 253 Å². The fourth-order valence-electron chi connectivity index (χ4n) is 6.48. The highest BCUT2D eigenvalue weighted by Crippen LogP contribution is 2.33. The Kier molecular flexibility index (Phi) is 9.89. The Hall–Kier alpha value is -4.01. The van der Waals surface area contributed by atoms with Crippen LogP contribution in [0.4, 0.5) is 4.79 Å². The maximum atomic E-state index is 13.2. The molecule has 8 nitrogen and oxygen atoms in total. The van der Waals surface area contributed by atoms with Gasteiger partial charge < -0.3 is 9.84 Å². The summed E-state index contributed by atoms with van der Waals surface area (Å²) in [4.78, 5) is 42.4. The number of imide groups is 1. The topological polar surface area (TPSA) is 90.4 Å². The van der Waals surface area contributed by atoms with Crippen molar-refractivity contribution in [2.45, 2.75) is 33.0 Å². The fraction of sp³-hybridized carbons (Fsp3) is 0.400. The van der Waals surface area contributed by atoms with Gasteiger partial charge in [-0.25, -0.2) is 9.69 Å². The first-order chi connectivity index (χ1) is 20.8. The van der Waals surface area contributed by atoms with E-state index in [0.29, 0.717) is 13.1 Å². The zero-order valence-electron chi connectivity index (χ0n) is 24.9. The van der Waals surface area contributed by atoms with Crippen LogP contribution in [0.5, 0.6) is 0 Å². The van der Waals surface area contributed by atoms with Crippen LogP contribution in [0.1, 0.15) is 36.6 Å². The second-order valence-electron chi connectivity index (χ2n) is 12.1. The quantitative estimate of drug-likeness (QED) is 0.403. The van der Waals surface area contributed by atoms with Gasteiger partial charge in [0.05, 0.1) is 11.8 Å². The number of cyclic esters (lactones) is 1. The standard InChI is InChI=1S/C22H24N2O3.C13H17NO2/c1-16-12-23(13-17-8-4-2-5-9-17)14-19(16)21(25)24-20(15-27-22(24)26)18-10-6-3-7-11-18;1-10-7-14(9-12(10)13(15)16)8-11-5-3-2-4-6-11/h2-11,16,19-20H,12-15H2,1H3;2-6,10,12H,7-9H2,1H3,(H,15,16)/t16-,19-,20+;10-,12-/m11/s1. The predicted molar refractivity (Wildman–Crippen MR) is 164 cm³/mol. The normalized spacial score (nSPS) is 25.7. The van der Waals surface area contributed by atoms with Crippen molar-refractivity contribution in [2.24, 2.45) is 23.7 Å². The van der Waals surface area contributed by atoms with Crippen molar-refractivity contribution >= 4 is 18.0 Å². The third kappa shape index (κ3) is 7.50. The molecule has 3 aliphatic heterocycles. The summed E-state index contributed by atoms with van der Waals surface area (Å²) in [6, 6.07) is 29.8. The van der Waals surface area contributed by atoms with Gasteiger partial charge in [0.2, 0.25) is 5.91 Å². The summed E-state index contributed by atoms with van der Waals surface area (Å²) in [5.74, 6) is -0.723. The van der Waals surface area contributed by atoms with E-state index in [0.717, 1.165) is 31.7 Å². The molecule has 3 aromatic rings. The molecule has 8 heteroatoms. The van der Waals surface area contributed by atoms with Gasteiger partial charge in [-0.05, 0) is 28.5 Å². The van der Waals surface area contributed by atoms with Crippen LogP contribution >= 0.6 is 0 Å². The highest BCUT2D eigenvalue weighted by molar-refractivity contribution is 5.95. The van der Waals surface area contributed by atoms with Crippen LogP contribution in [-0.4, -0.2) is 70.6 Å². The summed E-state index contributed by atoms with van der Waals surface area (Å²) in [7, 11) is 0. The lowest BCUT2D eigenvalue weighted by Crippen LogP contribution is -2.41. The number of carbonyl (C=O) groups is 3. The van der Waals surface area contributed by atoms with E-state index in [4.69, 9.17) is 9.84 Å². The summed E-state index contributed by atoms with van der Waals surface area (Å²) < 4.78 is 5.22. The molecule has 3 aliphatic rings. The van der Waals surface area contributed by atoms with Crippen LogP contribution < -0.4 is 0 Å². The van der Waals surface area contributed by atoms with Crippen molar-refractivity contribution in [3.8, 4) is 0 Å². The number of likely N-dealkylation sites (tertiary alicyclic amines) is 2. The monoisotopic (exact) mass is 583 g/mol. The molecule has 3 aromatic carbocycles. The van der Waals surface area contributed by atoms with E-state index < -0.39 is 12.1 Å². The van der Waals surface area contributed by atoms with E-state index >= 15 is 0 Å². The molecular formula is C35H41N3O5. The second-order valence-corrected chi connectivity index (χ2v) is 12.1. The lowest BCUT2D eigenvalue weighted by Gasteiger charge is -2.24. The van der Waals surface area contributed by atoms with Gasteiger partial charge in [0.1, 0.15) is 12.6 Å². The van der Waals surface area contributed by atoms with E-state index in [1.165, 1.54) is 16.0 Å².